The molecule has 2 heterocycles. The van der Waals surface area contributed by atoms with E-state index < -0.39 is 0 Å². The Morgan fingerprint density at radius 3 is 2.74 bits per heavy atom. The summed E-state index contributed by atoms with van der Waals surface area (Å²) in [6, 6.07) is 14.2. The molecule has 3 rings (SSSR count). The van der Waals surface area contributed by atoms with Gasteiger partial charge in [0.25, 0.3) is 0 Å². The summed E-state index contributed by atoms with van der Waals surface area (Å²) < 4.78 is 7.61. The van der Waals surface area contributed by atoms with Crippen molar-refractivity contribution in [3.63, 3.8) is 0 Å². The van der Waals surface area contributed by atoms with Crippen molar-refractivity contribution >= 4 is 5.65 Å². The van der Waals surface area contributed by atoms with E-state index >= 15 is 0 Å². The zero-order valence-corrected chi connectivity index (χ0v) is 13.6. The molecule has 1 atom stereocenters. The molecule has 2 aromatic heterocycles. The summed E-state index contributed by atoms with van der Waals surface area (Å²) in [7, 11) is 0. The minimum atomic E-state index is 0.114. The number of nitrogens with zero attached hydrogens (tertiary/aromatic N) is 3. The van der Waals surface area contributed by atoms with Gasteiger partial charge in [-0.05, 0) is 43.2 Å². The largest absolute Gasteiger partial charge is 0.494 e. The first-order valence-electron chi connectivity index (χ1n) is 8.02. The zero-order chi connectivity index (χ0) is 16.1. The lowest BCUT2D eigenvalue weighted by molar-refractivity contribution is 0.317. The standard InChI is InChI=1S/C18H22N4O/c1-3-12-23-16-9-7-15(8-10-16)13-19-14(2)18-21-20-17-6-4-5-11-22(17)18/h4-11,14,19H,3,12-13H2,1-2H3. The summed E-state index contributed by atoms with van der Waals surface area (Å²) in [5.41, 5.74) is 2.09. The minimum absolute atomic E-state index is 0.114. The highest BCUT2D eigenvalue weighted by molar-refractivity contribution is 5.37. The van der Waals surface area contributed by atoms with Crippen LogP contribution < -0.4 is 10.1 Å². The van der Waals surface area contributed by atoms with Gasteiger partial charge in [0.05, 0.1) is 12.6 Å². The van der Waals surface area contributed by atoms with Crippen molar-refractivity contribution in [3.05, 3.63) is 60.0 Å². The van der Waals surface area contributed by atoms with Crippen LogP contribution in [-0.2, 0) is 6.54 Å². The second-order valence-electron chi connectivity index (χ2n) is 5.58. The Kier molecular flexibility index (Phi) is 4.88. The third kappa shape index (κ3) is 3.68. The fraction of sp³-hybridized carbons (Fsp3) is 0.333. The summed E-state index contributed by atoms with van der Waals surface area (Å²) in [5.74, 6) is 1.84. The first kappa shape index (κ1) is 15.5. The molecule has 120 valence electrons. The summed E-state index contributed by atoms with van der Waals surface area (Å²) in [4.78, 5) is 0. The van der Waals surface area contributed by atoms with E-state index in [1.54, 1.807) is 0 Å². The van der Waals surface area contributed by atoms with Gasteiger partial charge in [-0.1, -0.05) is 25.1 Å². The number of aromatic nitrogens is 3. The topological polar surface area (TPSA) is 51.5 Å². The third-order valence-corrected chi connectivity index (χ3v) is 3.74. The Labute approximate surface area is 136 Å². The van der Waals surface area contributed by atoms with Crippen LogP contribution in [0.3, 0.4) is 0 Å². The number of fused-ring (bicyclic) bond motifs is 1. The SMILES string of the molecule is CCCOc1ccc(CNC(C)c2nnc3ccccn23)cc1. The fourth-order valence-corrected chi connectivity index (χ4v) is 2.44. The van der Waals surface area contributed by atoms with Crippen LogP contribution in [0.1, 0.15) is 37.7 Å². The molecule has 0 radical (unpaired) electrons. The monoisotopic (exact) mass is 310 g/mol. The predicted molar refractivity (Wildman–Crippen MR) is 90.5 cm³/mol. The Bertz CT molecular complexity index is 751. The molecule has 0 aliphatic heterocycles. The van der Waals surface area contributed by atoms with Gasteiger partial charge in [-0.15, -0.1) is 10.2 Å². The molecule has 1 unspecified atom stereocenters. The van der Waals surface area contributed by atoms with Crippen LogP contribution in [0.15, 0.2) is 48.7 Å². The van der Waals surface area contributed by atoms with Gasteiger partial charge in [-0.3, -0.25) is 4.40 Å². The first-order valence-corrected chi connectivity index (χ1v) is 8.02. The first-order chi connectivity index (χ1) is 11.3. The molecular formula is C18H22N4O. The Hall–Kier alpha value is -2.40. The van der Waals surface area contributed by atoms with E-state index in [0.717, 1.165) is 36.8 Å². The van der Waals surface area contributed by atoms with Gasteiger partial charge < -0.3 is 10.1 Å². The molecule has 0 aliphatic carbocycles. The van der Waals surface area contributed by atoms with Crippen molar-refractivity contribution in [2.45, 2.75) is 32.9 Å². The van der Waals surface area contributed by atoms with Crippen LogP contribution in [0, 0.1) is 0 Å². The Morgan fingerprint density at radius 1 is 1.13 bits per heavy atom. The number of hydrogen-bond donors (Lipinski definition) is 1. The normalized spacial score (nSPS) is 12.4. The van der Waals surface area contributed by atoms with E-state index in [4.69, 9.17) is 4.74 Å². The van der Waals surface area contributed by atoms with E-state index in [0.29, 0.717) is 0 Å². The van der Waals surface area contributed by atoms with Crippen molar-refractivity contribution in [1.82, 2.24) is 19.9 Å². The second-order valence-corrected chi connectivity index (χ2v) is 5.58. The van der Waals surface area contributed by atoms with Crippen molar-refractivity contribution in [2.24, 2.45) is 0 Å². The van der Waals surface area contributed by atoms with Crippen molar-refractivity contribution in [2.75, 3.05) is 6.61 Å². The lowest BCUT2D eigenvalue weighted by Gasteiger charge is -2.12. The average Bonchev–Trinajstić information content (AvgIpc) is 3.03. The zero-order valence-electron chi connectivity index (χ0n) is 13.6. The number of rotatable bonds is 7. The Morgan fingerprint density at radius 2 is 1.96 bits per heavy atom. The summed E-state index contributed by atoms with van der Waals surface area (Å²) in [6.45, 7) is 5.74. The summed E-state index contributed by atoms with van der Waals surface area (Å²) in [6.07, 6.45) is 3.01. The van der Waals surface area contributed by atoms with E-state index in [-0.39, 0.29) is 6.04 Å². The van der Waals surface area contributed by atoms with Crippen LogP contribution in [0.5, 0.6) is 5.75 Å². The van der Waals surface area contributed by atoms with Gasteiger partial charge in [0, 0.05) is 12.7 Å². The number of ether oxygens (including phenoxy) is 1. The van der Waals surface area contributed by atoms with E-state index in [2.05, 4.69) is 41.5 Å². The van der Waals surface area contributed by atoms with Crippen LogP contribution in [-0.4, -0.2) is 21.2 Å². The molecule has 3 aromatic rings. The van der Waals surface area contributed by atoms with Gasteiger partial charge in [-0.2, -0.15) is 0 Å². The highest BCUT2D eigenvalue weighted by Gasteiger charge is 2.12. The predicted octanol–water partition coefficient (Wildman–Crippen LogP) is 3.37. The molecule has 1 N–H and O–H groups in total. The molecule has 0 aliphatic rings. The number of pyridine rings is 1. The molecule has 0 spiro atoms. The molecule has 5 heteroatoms. The molecule has 0 saturated heterocycles. The highest BCUT2D eigenvalue weighted by atomic mass is 16.5. The molecule has 5 nitrogen and oxygen atoms in total. The molecule has 0 fully saturated rings. The molecule has 1 aromatic carbocycles. The number of nitrogens with one attached hydrogen (secondary N) is 1. The van der Waals surface area contributed by atoms with Gasteiger partial charge in [0.15, 0.2) is 11.5 Å². The quantitative estimate of drug-likeness (QED) is 0.727. The molecular weight excluding hydrogens is 288 g/mol. The maximum Gasteiger partial charge on any atom is 0.160 e. The number of hydrogen-bond acceptors (Lipinski definition) is 4. The van der Waals surface area contributed by atoms with E-state index in [9.17, 15) is 0 Å². The number of benzene rings is 1. The smallest absolute Gasteiger partial charge is 0.160 e. The van der Waals surface area contributed by atoms with Gasteiger partial charge >= 0.3 is 0 Å². The molecule has 0 saturated carbocycles. The molecule has 0 amide bonds. The van der Waals surface area contributed by atoms with Gasteiger partial charge in [0.2, 0.25) is 0 Å². The maximum absolute atomic E-state index is 5.60. The Balaban J connectivity index is 1.61. The second kappa shape index (κ2) is 7.24. The van der Waals surface area contributed by atoms with E-state index in [1.807, 2.05) is 40.9 Å². The molecule has 0 bridgehead atoms. The fourth-order valence-electron chi connectivity index (χ4n) is 2.44. The molecule has 23 heavy (non-hydrogen) atoms. The summed E-state index contributed by atoms with van der Waals surface area (Å²) in [5, 5.41) is 12.0. The van der Waals surface area contributed by atoms with Crippen LogP contribution in [0.4, 0.5) is 0 Å². The minimum Gasteiger partial charge on any atom is -0.494 e. The lowest BCUT2D eigenvalue weighted by atomic mass is 10.2. The van der Waals surface area contributed by atoms with E-state index in [1.165, 1.54) is 5.56 Å². The van der Waals surface area contributed by atoms with Crippen LogP contribution in [0.25, 0.3) is 5.65 Å². The van der Waals surface area contributed by atoms with Crippen molar-refractivity contribution in [1.29, 1.82) is 0 Å². The van der Waals surface area contributed by atoms with Crippen LogP contribution >= 0.6 is 0 Å². The van der Waals surface area contributed by atoms with Gasteiger partial charge in [0.1, 0.15) is 5.75 Å². The van der Waals surface area contributed by atoms with Crippen LogP contribution in [0.2, 0.25) is 0 Å². The van der Waals surface area contributed by atoms with Gasteiger partial charge in [-0.25, -0.2) is 0 Å². The average molecular weight is 310 g/mol. The highest BCUT2D eigenvalue weighted by Crippen LogP contribution is 2.15. The maximum atomic E-state index is 5.60. The summed E-state index contributed by atoms with van der Waals surface area (Å²) >= 11 is 0. The third-order valence-electron chi connectivity index (χ3n) is 3.74. The van der Waals surface area contributed by atoms with Crippen molar-refractivity contribution < 1.29 is 4.74 Å². The lowest BCUT2D eigenvalue weighted by Crippen LogP contribution is -2.20. The van der Waals surface area contributed by atoms with Crippen molar-refractivity contribution in [3.8, 4) is 5.75 Å².